The molecule has 0 spiro atoms. The van der Waals surface area contributed by atoms with Gasteiger partial charge in [-0.3, -0.25) is 0 Å². The van der Waals surface area contributed by atoms with Crippen LogP contribution in [-0.2, 0) is 14.3 Å². The van der Waals surface area contributed by atoms with Crippen LogP contribution in [0.15, 0.2) is 24.3 Å². The summed E-state index contributed by atoms with van der Waals surface area (Å²) in [6.07, 6.45) is 4.70. The third kappa shape index (κ3) is 4.06. The van der Waals surface area contributed by atoms with Crippen molar-refractivity contribution in [2.45, 2.75) is 18.9 Å². The van der Waals surface area contributed by atoms with Gasteiger partial charge in [0.2, 0.25) is 0 Å². The molecular formula is C15H17FO4. The van der Waals surface area contributed by atoms with E-state index in [0.717, 1.165) is 19.4 Å². The van der Waals surface area contributed by atoms with Crippen molar-refractivity contribution in [1.29, 1.82) is 0 Å². The summed E-state index contributed by atoms with van der Waals surface area (Å²) in [6.45, 7) is 0.989. The zero-order valence-electron chi connectivity index (χ0n) is 11.3. The van der Waals surface area contributed by atoms with Crippen LogP contribution < -0.4 is 4.74 Å². The number of hydrogen-bond acceptors (Lipinski definition) is 4. The van der Waals surface area contributed by atoms with Crippen molar-refractivity contribution in [2.24, 2.45) is 0 Å². The second kappa shape index (κ2) is 7.05. The number of esters is 1. The lowest BCUT2D eigenvalue weighted by Gasteiger charge is -2.08. The lowest BCUT2D eigenvalue weighted by Crippen LogP contribution is -2.16. The van der Waals surface area contributed by atoms with E-state index >= 15 is 0 Å². The molecule has 1 aliphatic heterocycles. The molecule has 4 nitrogen and oxygen atoms in total. The number of halogens is 1. The zero-order chi connectivity index (χ0) is 14.4. The zero-order valence-corrected chi connectivity index (χ0v) is 11.3. The molecule has 1 unspecified atom stereocenters. The van der Waals surface area contributed by atoms with E-state index in [1.54, 1.807) is 6.07 Å². The lowest BCUT2D eigenvalue weighted by atomic mass is 10.2. The van der Waals surface area contributed by atoms with Crippen LogP contribution in [0.1, 0.15) is 18.4 Å². The van der Waals surface area contributed by atoms with E-state index in [1.165, 1.54) is 31.4 Å². The number of methoxy groups -OCH3 is 1. The molecular weight excluding hydrogens is 263 g/mol. The van der Waals surface area contributed by atoms with Gasteiger partial charge in [0.1, 0.15) is 6.61 Å². The van der Waals surface area contributed by atoms with Crippen molar-refractivity contribution in [3.8, 4) is 5.75 Å². The predicted octanol–water partition coefficient (Wildman–Crippen LogP) is 2.57. The van der Waals surface area contributed by atoms with Crippen molar-refractivity contribution in [3.05, 3.63) is 35.7 Å². The van der Waals surface area contributed by atoms with E-state index in [1.807, 2.05) is 0 Å². The van der Waals surface area contributed by atoms with Crippen LogP contribution in [0.3, 0.4) is 0 Å². The first-order valence-electron chi connectivity index (χ1n) is 6.49. The maximum Gasteiger partial charge on any atom is 0.330 e. The molecule has 20 heavy (non-hydrogen) atoms. The normalized spacial score (nSPS) is 18.4. The summed E-state index contributed by atoms with van der Waals surface area (Å²) < 4.78 is 28.6. The van der Waals surface area contributed by atoms with Gasteiger partial charge >= 0.3 is 5.97 Å². The van der Waals surface area contributed by atoms with Crippen LogP contribution in [0.4, 0.5) is 4.39 Å². The van der Waals surface area contributed by atoms with E-state index in [9.17, 15) is 9.18 Å². The predicted molar refractivity (Wildman–Crippen MR) is 71.9 cm³/mol. The second-order valence-electron chi connectivity index (χ2n) is 4.49. The molecule has 1 aromatic rings. The van der Waals surface area contributed by atoms with Gasteiger partial charge in [-0.15, -0.1) is 0 Å². The molecule has 0 bridgehead atoms. The minimum absolute atomic E-state index is 0.00535. The van der Waals surface area contributed by atoms with Crippen molar-refractivity contribution in [2.75, 3.05) is 20.3 Å². The third-order valence-electron chi connectivity index (χ3n) is 3.02. The van der Waals surface area contributed by atoms with Gasteiger partial charge in [0.05, 0.1) is 13.2 Å². The van der Waals surface area contributed by atoms with Crippen molar-refractivity contribution in [3.63, 3.8) is 0 Å². The Morgan fingerprint density at radius 2 is 2.40 bits per heavy atom. The number of hydrogen-bond donors (Lipinski definition) is 0. The van der Waals surface area contributed by atoms with Crippen LogP contribution in [0.25, 0.3) is 6.08 Å². The summed E-state index contributed by atoms with van der Waals surface area (Å²) >= 11 is 0. The van der Waals surface area contributed by atoms with Gasteiger partial charge in [-0.25, -0.2) is 9.18 Å². The van der Waals surface area contributed by atoms with E-state index in [2.05, 4.69) is 0 Å². The first kappa shape index (κ1) is 14.5. The fourth-order valence-electron chi connectivity index (χ4n) is 1.95. The molecule has 2 rings (SSSR count). The molecule has 1 heterocycles. The summed E-state index contributed by atoms with van der Waals surface area (Å²) in [5, 5.41) is 0. The molecule has 1 fully saturated rings. The number of carbonyl (C=O) groups excluding carboxylic acids is 1. The molecule has 0 radical (unpaired) electrons. The molecule has 0 aromatic heterocycles. The van der Waals surface area contributed by atoms with Gasteiger partial charge < -0.3 is 14.2 Å². The Labute approximate surface area is 117 Å². The smallest absolute Gasteiger partial charge is 0.330 e. The topological polar surface area (TPSA) is 44.8 Å². The summed E-state index contributed by atoms with van der Waals surface area (Å²) in [5.74, 6) is -0.762. The Balaban J connectivity index is 1.84. The molecule has 0 aliphatic carbocycles. The highest BCUT2D eigenvalue weighted by atomic mass is 19.1. The fraction of sp³-hybridized carbons (Fsp3) is 0.400. The average molecular weight is 280 g/mol. The summed E-state index contributed by atoms with van der Waals surface area (Å²) in [7, 11) is 1.40. The molecule has 0 N–H and O–H groups in total. The molecule has 5 heteroatoms. The van der Waals surface area contributed by atoms with Gasteiger partial charge in [0.15, 0.2) is 11.6 Å². The first-order chi connectivity index (χ1) is 9.69. The van der Waals surface area contributed by atoms with Crippen molar-refractivity contribution in [1.82, 2.24) is 0 Å². The largest absolute Gasteiger partial charge is 0.494 e. The Morgan fingerprint density at radius 1 is 1.55 bits per heavy atom. The molecule has 1 atom stereocenters. The quantitative estimate of drug-likeness (QED) is 0.614. The Kier molecular flexibility index (Phi) is 5.12. The van der Waals surface area contributed by atoms with Gasteiger partial charge in [-0.05, 0) is 36.6 Å². The van der Waals surface area contributed by atoms with Crippen molar-refractivity contribution >= 4 is 12.0 Å². The summed E-state index contributed by atoms with van der Waals surface area (Å²) in [5.41, 5.74) is 0.567. The fourth-order valence-corrected chi connectivity index (χ4v) is 1.95. The van der Waals surface area contributed by atoms with Gasteiger partial charge in [0, 0.05) is 12.7 Å². The number of ether oxygens (including phenoxy) is 3. The van der Waals surface area contributed by atoms with Crippen LogP contribution in [0, 0.1) is 5.82 Å². The first-order valence-corrected chi connectivity index (χ1v) is 6.49. The van der Waals surface area contributed by atoms with E-state index in [0.29, 0.717) is 5.56 Å². The Bertz CT molecular complexity index is 493. The maximum atomic E-state index is 13.4. The molecule has 0 saturated carbocycles. The molecule has 0 amide bonds. The maximum absolute atomic E-state index is 13.4. The molecule has 1 aliphatic rings. The van der Waals surface area contributed by atoms with Crippen LogP contribution in [0.2, 0.25) is 0 Å². The molecule has 1 aromatic carbocycles. The Hall–Kier alpha value is -1.88. The van der Waals surface area contributed by atoms with Crippen LogP contribution in [-0.4, -0.2) is 32.4 Å². The van der Waals surface area contributed by atoms with Gasteiger partial charge in [-0.1, -0.05) is 6.07 Å². The minimum atomic E-state index is -0.470. The number of carbonyl (C=O) groups is 1. The summed E-state index contributed by atoms with van der Waals surface area (Å²) in [4.78, 5) is 11.5. The second-order valence-corrected chi connectivity index (χ2v) is 4.49. The number of rotatable bonds is 5. The van der Waals surface area contributed by atoms with Crippen LogP contribution in [0.5, 0.6) is 5.75 Å². The van der Waals surface area contributed by atoms with Gasteiger partial charge in [-0.2, -0.15) is 0 Å². The molecule has 1 saturated heterocycles. The summed E-state index contributed by atoms with van der Waals surface area (Å²) in [6, 6.07) is 4.46. The SMILES string of the molecule is COc1ccc(C=CC(=O)OCC2CCCO2)cc1F. The highest BCUT2D eigenvalue weighted by Gasteiger charge is 2.16. The van der Waals surface area contributed by atoms with E-state index in [-0.39, 0.29) is 18.5 Å². The highest BCUT2D eigenvalue weighted by Crippen LogP contribution is 2.18. The number of benzene rings is 1. The monoisotopic (exact) mass is 280 g/mol. The Morgan fingerprint density at radius 3 is 3.05 bits per heavy atom. The average Bonchev–Trinajstić information content (AvgIpc) is 2.96. The van der Waals surface area contributed by atoms with E-state index in [4.69, 9.17) is 14.2 Å². The lowest BCUT2D eigenvalue weighted by molar-refractivity contribution is -0.140. The van der Waals surface area contributed by atoms with Crippen molar-refractivity contribution < 1.29 is 23.4 Å². The standard InChI is InChI=1S/C15H17FO4/c1-18-14-6-4-11(9-13(14)16)5-7-15(17)20-10-12-3-2-8-19-12/h4-7,9,12H,2-3,8,10H2,1H3. The highest BCUT2D eigenvalue weighted by molar-refractivity contribution is 5.87. The van der Waals surface area contributed by atoms with Gasteiger partial charge in [0.25, 0.3) is 0 Å². The minimum Gasteiger partial charge on any atom is -0.494 e. The molecule has 108 valence electrons. The van der Waals surface area contributed by atoms with E-state index < -0.39 is 11.8 Å². The van der Waals surface area contributed by atoms with Crippen LogP contribution >= 0.6 is 0 Å². The third-order valence-corrected chi connectivity index (χ3v) is 3.02.